The van der Waals surface area contributed by atoms with Crippen molar-refractivity contribution >= 4 is 26.0 Å². The minimum absolute atomic E-state index is 0.348. The lowest BCUT2D eigenvalue weighted by Gasteiger charge is -2.21. The van der Waals surface area contributed by atoms with E-state index in [-0.39, 0.29) is 0 Å². The van der Waals surface area contributed by atoms with Gasteiger partial charge in [0.1, 0.15) is 0 Å². The number of halogens is 1. The summed E-state index contributed by atoms with van der Waals surface area (Å²) in [5, 5.41) is 3.23. The Morgan fingerprint density at radius 1 is 1.24 bits per heavy atom. The summed E-state index contributed by atoms with van der Waals surface area (Å²) in [4.78, 5) is 0.348. The molecule has 0 unspecified atom stereocenters. The fraction of sp³-hybridized carbons (Fsp3) is 0.600. The van der Waals surface area contributed by atoms with Gasteiger partial charge in [-0.1, -0.05) is 33.3 Å². The van der Waals surface area contributed by atoms with E-state index in [0.717, 1.165) is 31.5 Å². The largest absolute Gasteiger partial charge is 0.313 e. The Labute approximate surface area is 137 Å². The van der Waals surface area contributed by atoms with Crippen LogP contribution in [0.5, 0.6) is 0 Å². The van der Waals surface area contributed by atoms with Gasteiger partial charge in [0.25, 0.3) is 0 Å². The van der Waals surface area contributed by atoms with E-state index >= 15 is 0 Å². The molecule has 0 amide bonds. The van der Waals surface area contributed by atoms with Gasteiger partial charge in [-0.25, -0.2) is 8.42 Å². The predicted octanol–water partition coefficient (Wildman–Crippen LogP) is 3.37. The molecule has 21 heavy (non-hydrogen) atoms. The molecule has 0 fully saturated rings. The normalized spacial score (nSPS) is 12.0. The van der Waals surface area contributed by atoms with E-state index in [2.05, 4.69) is 28.2 Å². The third kappa shape index (κ3) is 5.06. The van der Waals surface area contributed by atoms with Gasteiger partial charge in [0.15, 0.2) is 0 Å². The zero-order valence-electron chi connectivity index (χ0n) is 13.0. The fourth-order valence-electron chi connectivity index (χ4n) is 2.05. The van der Waals surface area contributed by atoms with E-state index in [4.69, 9.17) is 0 Å². The average Bonchev–Trinajstić information content (AvgIpc) is 2.45. The van der Waals surface area contributed by atoms with Crippen LogP contribution < -0.4 is 5.32 Å². The van der Waals surface area contributed by atoms with Crippen LogP contribution in [0.1, 0.15) is 39.2 Å². The van der Waals surface area contributed by atoms with Crippen molar-refractivity contribution in [3.05, 3.63) is 28.2 Å². The molecule has 0 aromatic heterocycles. The Morgan fingerprint density at radius 3 is 2.48 bits per heavy atom. The Kier molecular flexibility index (Phi) is 7.87. The van der Waals surface area contributed by atoms with Crippen LogP contribution in [-0.4, -0.2) is 32.4 Å². The lowest BCUT2D eigenvalue weighted by Crippen LogP contribution is -2.32. The second-order valence-electron chi connectivity index (χ2n) is 4.90. The molecule has 4 nitrogen and oxygen atoms in total. The molecule has 0 heterocycles. The highest BCUT2D eigenvalue weighted by molar-refractivity contribution is 9.10. The topological polar surface area (TPSA) is 49.4 Å². The minimum Gasteiger partial charge on any atom is -0.313 e. The number of rotatable bonds is 9. The van der Waals surface area contributed by atoms with Crippen molar-refractivity contribution in [2.45, 2.75) is 45.1 Å². The van der Waals surface area contributed by atoms with Gasteiger partial charge in [-0.15, -0.1) is 0 Å². The zero-order chi connectivity index (χ0) is 15.9. The van der Waals surface area contributed by atoms with Crippen molar-refractivity contribution in [2.24, 2.45) is 0 Å². The first kappa shape index (κ1) is 18.6. The Morgan fingerprint density at radius 2 is 1.95 bits per heavy atom. The molecular weight excluding hydrogens is 352 g/mol. The summed E-state index contributed by atoms with van der Waals surface area (Å²) < 4.78 is 27.6. The highest BCUT2D eigenvalue weighted by Crippen LogP contribution is 2.26. The van der Waals surface area contributed by atoms with Gasteiger partial charge >= 0.3 is 0 Å². The molecule has 0 radical (unpaired) electrons. The SMILES string of the molecule is CCCCN(CC)S(=O)(=O)c1ccc(CNCC)cc1Br. The van der Waals surface area contributed by atoms with Crippen LogP contribution in [0, 0.1) is 0 Å². The summed E-state index contributed by atoms with van der Waals surface area (Å²) >= 11 is 3.41. The summed E-state index contributed by atoms with van der Waals surface area (Å²) in [6.45, 7) is 8.67. The fourth-order valence-corrected chi connectivity index (χ4v) is 4.63. The summed E-state index contributed by atoms with van der Waals surface area (Å²) in [6.07, 6.45) is 1.86. The third-order valence-electron chi connectivity index (χ3n) is 3.31. The van der Waals surface area contributed by atoms with E-state index in [0.29, 0.717) is 22.5 Å². The van der Waals surface area contributed by atoms with E-state index in [1.54, 1.807) is 10.4 Å². The third-order valence-corrected chi connectivity index (χ3v) is 6.26. The minimum atomic E-state index is -3.43. The first-order valence-corrected chi connectivity index (χ1v) is 9.69. The van der Waals surface area contributed by atoms with Crippen LogP contribution >= 0.6 is 15.9 Å². The molecule has 0 aliphatic heterocycles. The molecule has 0 bridgehead atoms. The van der Waals surface area contributed by atoms with E-state index in [9.17, 15) is 8.42 Å². The van der Waals surface area contributed by atoms with Gasteiger partial charge in [-0.2, -0.15) is 4.31 Å². The van der Waals surface area contributed by atoms with Crippen molar-refractivity contribution < 1.29 is 8.42 Å². The lowest BCUT2D eigenvalue weighted by atomic mass is 10.2. The molecule has 1 aromatic rings. The van der Waals surface area contributed by atoms with Crippen LogP contribution in [0.3, 0.4) is 0 Å². The number of hydrogen-bond acceptors (Lipinski definition) is 3. The van der Waals surface area contributed by atoms with Crippen molar-refractivity contribution in [1.29, 1.82) is 0 Å². The highest BCUT2D eigenvalue weighted by atomic mass is 79.9. The van der Waals surface area contributed by atoms with Gasteiger partial charge in [0.05, 0.1) is 4.90 Å². The number of nitrogens with one attached hydrogen (secondary N) is 1. The van der Waals surface area contributed by atoms with Crippen molar-refractivity contribution in [3.8, 4) is 0 Å². The molecule has 1 rings (SSSR count). The molecular formula is C15H25BrN2O2S. The first-order valence-electron chi connectivity index (χ1n) is 7.46. The Hall–Kier alpha value is -0.430. The standard InChI is InChI=1S/C15H25BrN2O2S/c1-4-7-10-18(6-3)21(19,20)15-9-8-13(11-14(15)16)12-17-5-2/h8-9,11,17H,4-7,10,12H2,1-3H3. The molecule has 120 valence electrons. The zero-order valence-corrected chi connectivity index (χ0v) is 15.4. The Bertz CT molecular complexity index is 547. The van der Waals surface area contributed by atoms with Crippen LogP contribution in [0.4, 0.5) is 0 Å². The molecule has 0 atom stereocenters. The maximum atomic E-state index is 12.7. The summed E-state index contributed by atoms with van der Waals surface area (Å²) in [7, 11) is -3.43. The summed E-state index contributed by atoms with van der Waals surface area (Å²) in [6, 6.07) is 5.44. The van der Waals surface area contributed by atoms with Crippen LogP contribution in [-0.2, 0) is 16.6 Å². The Balaban J connectivity index is 3.01. The van der Waals surface area contributed by atoms with Gasteiger partial charge in [0, 0.05) is 24.1 Å². The molecule has 0 spiro atoms. The van der Waals surface area contributed by atoms with Gasteiger partial charge < -0.3 is 5.32 Å². The van der Waals surface area contributed by atoms with E-state index < -0.39 is 10.0 Å². The summed E-state index contributed by atoms with van der Waals surface area (Å²) in [5.41, 5.74) is 1.07. The monoisotopic (exact) mass is 376 g/mol. The second-order valence-corrected chi connectivity index (χ2v) is 7.66. The molecule has 6 heteroatoms. The lowest BCUT2D eigenvalue weighted by molar-refractivity contribution is 0.418. The molecule has 0 aliphatic carbocycles. The molecule has 1 N–H and O–H groups in total. The van der Waals surface area contributed by atoms with Crippen LogP contribution in [0.15, 0.2) is 27.6 Å². The van der Waals surface area contributed by atoms with E-state index in [1.165, 1.54) is 0 Å². The second kappa shape index (κ2) is 8.88. The van der Waals surface area contributed by atoms with Crippen LogP contribution in [0.2, 0.25) is 0 Å². The van der Waals surface area contributed by atoms with Gasteiger partial charge in [-0.05, 0) is 46.6 Å². The number of unbranched alkanes of at least 4 members (excludes halogenated alkanes) is 1. The molecule has 1 aromatic carbocycles. The molecule has 0 saturated carbocycles. The summed E-state index contributed by atoms with van der Waals surface area (Å²) in [5.74, 6) is 0. The number of nitrogens with zero attached hydrogens (tertiary/aromatic N) is 1. The number of hydrogen-bond donors (Lipinski definition) is 1. The quantitative estimate of drug-likeness (QED) is 0.718. The smallest absolute Gasteiger partial charge is 0.244 e. The maximum Gasteiger partial charge on any atom is 0.244 e. The van der Waals surface area contributed by atoms with Crippen molar-refractivity contribution in [3.63, 3.8) is 0 Å². The van der Waals surface area contributed by atoms with Crippen molar-refractivity contribution in [1.82, 2.24) is 9.62 Å². The van der Waals surface area contributed by atoms with Crippen LogP contribution in [0.25, 0.3) is 0 Å². The number of benzene rings is 1. The molecule has 0 aliphatic rings. The number of sulfonamides is 1. The van der Waals surface area contributed by atoms with Gasteiger partial charge in [-0.3, -0.25) is 0 Å². The predicted molar refractivity (Wildman–Crippen MR) is 90.9 cm³/mol. The van der Waals surface area contributed by atoms with Gasteiger partial charge in [0.2, 0.25) is 10.0 Å². The molecule has 0 saturated heterocycles. The first-order chi connectivity index (χ1) is 9.97. The van der Waals surface area contributed by atoms with E-state index in [1.807, 2.05) is 26.0 Å². The average molecular weight is 377 g/mol. The van der Waals surface area contributed by atoms with Crippen molar-refractivity contribution in [2.75, 3.05) is 19.6 Å². The highest BCUT2D eigenvalue weighted by Gasteiger charge is 2.24. The maximum absolute atomic E-state index is 12.7.